The van der Waals surface area contributed by atoms with Crippen LogP contribution in [0.2, 0.25) is 0 Å². The number of rotatable bonds is 19. The zero-order valence-electron chi connectivity index (χ0n) is 22.8. The number of esters is 1. The van der Waals surface area contributed by atoms with Gasteiger partial charge in [-0.1, -0.05) is 87.6 Å². The van der Waals surface area contributed by atoms with Gasteiger partial charge in [0.25, 0.3) is 5.69 Å². The molecule has 0 aromatic heterocycles. The lowest BCUT2D eigenvalue weighted by atomic mass is 10.1. The van der Waals surface area contributed by atoms with Gasteiger partial charge in [0.2, 0.25) is 0 Å². The van der Waals surface area contributed by atoms with Crippen molar-refractivity contribution in [3.8, 4) is 11.5 Å². The first-order valence-electron chi connectivity index (χ1n) is 13.2. The van der Waals surface area contributed by atoms with E-state index in [0.717, 1.165) is 12.8 Å². The Balaban J connectivity index is 2.33. The molecular formula is C30H43NO6. The summed E-state index contributed by atoms with van der Waals surface area (Å²) in [6.45, 7) is 3.84. The van der Waals surface area contributed by atoms with Crippen molar-refractivity contribution in [1.82, 2.24) is 0 Å². The summed E-state index contributed by atoms with van der Waals surface area (Å²) >= 11 is 0. The number of methoxy groups -OCH3 is 2. The van der Waals surface area contributed by atoms with Gasteiger partial charge in [-0.15, -0.1) is 0 Å². The minimum atomic E-state index is -0.794. The lowest BCUT2D eigenvalue weighted by Gasteiger charge is -2.16. The van der Waals surface area contributed by atoms with Crippen LogP contribution in [0, 0.1) is 10.1 Å². The smallest absolute Gasteiger partial charge is 0.306 e. The molecule has 0 heterocycles. The standard InChI is InChI=1S/C30H43NO6/c1-5-6-7-8-9-10-11-12-13-14-15-16-17-18-19-20-21-22-30(32)37-25(2)26-23-28(35-3)29(36-4)24-27(26)31(33)34/h12-19,23-25H,5-11,20-22H2,1-4H3/b13-12+,15-14+,17-16+,19-18+/t25-/m1/s1. The molecular weight excluding hydrogens is 470 g/mol. The summed E-state index contributed by atoms with van der Waals surface area (Å²) in [5, 5.41) is 11.5. The van der Waals surface area contributed by atoms with E-state index in [0.29, 0.717) is 12.2 Å². The number of nitro benzene ring substituents is 1. The summed E-state index contributed by atoms with van der Waals surface area (Å²) in [6, 6.07) is 2.75. The summed E-state index contributed by atoms with van der Waals surface area (Å²) in [5.74, 6) is 0.173. The quantitative estimate of drug-likeness (QED) is 0.0607. The maximum Gasteiger partial charge on any atom is 0.306 e. The van der Waals surface area contributed by atoms with Crippen LogP contribution in [0.4, 0.5) is 5.69 Å². The molecule has 0 aliphatic heterocycles. The van der Waals surface area contributed by atoms with E-state index in [2.05, 4.69) is 19.1 Å². The van der Waals surface area contributed by atoms with Crippen LogP contribution in [0.15, 0.2) is 60.7 Å². The second-order valence-electron chi connectivity index (χ2n) is 8.73. The number of carbonyl (C=O) groups is 1. The average Bonchev–Trinajstić information content (AvgIpc) is 2.89. The van der Waals surface area contributed by atoms with Crippen LogP contribution < -0.4 is 9.47 Å². The molecule has 0 fully saturated rings. The van der Waals surface area contributed by atoms with Crippen LogP contribution in [0.1, 0.15) is 89.7 Å². The van der Waals surface area contributed by atoms with Crippen molar-refractivity contribution >= 4 is 11.7 Å². The zero-order valence-corrected chi connectivity index (χ0v) is 22.8. The molecule has 0 saturated carbocycles. The van der Waals surface area contributed by atoms with Gasteiger partial charge < -0.3 is 14.2 Å². The topological polar surface area (TPSA) is 87.9 Å². The highest BCUT2D eigenvalue weighted by atomic mass is 16.6. The van der Waals surface area contributed by atoms with Gasteiger partial charge in [0.15, 0.2) is 11.5 Å². The fourth-order valence-electron chi connectivity index (χ4n) is 3.70. The highest BCUT2D eigenvalue weighted by Gasteiger charge is 2.25. The number of ether oxygens (including phenoxy) is 3. The molecule has 37 heavy (non-hydrogen) atoms. The third-order valence-corrected chi connectivity index (χ3v) is 5.78. The van der Waals surface area contributed by atoms with E-state index in [1.165, 1.54) is 64.9 Å². The second kappa shape index (κ2) is 19.8. The second-order valence-corrected chi connectivity index (χ2v) is 8.73. The van der Waals surface area contributed by atoms with E-state index in [-0.39, 0.29) is 23.4 Å². The molecule has 7 nitrogen and oxygen atoms in total. The van der Waals surface area contributed by atoms with Gasteiger partial charge in [-0.05, 0) is 38.7 Å². The van der Waals surface area contributed by atoms with Crippen molar-refractivity contribution in [2.45, 2.75) is 84.2 Å². The first-order valence-corrected chi connectivity index (χ1v) is 13.2. The SMILES string of the molecule is CCCCCCCC/C=C/C=C/C=C/C=C/CCCC(=O)O[C@H](C)c1cc(OC)c(OC)cc1[N+](=O)[O-]. The predicted octanol–water partition coefficient (Wildman–Crippen LogP) is 8.36. The minimum Gasteiger partial charge on any atom is -0.493 e. The third-order valence-electron chi connectivity index (χ3n) is 5.78. The summed E-state index contributed by atoms with van der Waals surface area (Å²) in [5.41, 5.74) is 0.0707. The molecule has 7 heteroatoms. The molecule has 1 aromatic rings. The molecule has 204 valence electrons. The lowest BCUT2D eigenvalue weighted by Crippen LogP contribution is -2.11. The predicted molar refractivity (Wildman–Crippen MR) is 149 cm³/mol. The van der Waals surface area contributed by atoms with E-state index >= 15 is 0 Å². The van der Waals surface area contributed by atoms with Crippen molar-refractivity contribution in [1.29, 1.82) is 0 Å². The van der Waals surface area contributed by atoms with Crippen molar-refractivity contribution < 1.29 is 23.9 Å². The van der Waals surface area contributed by atoms with E-state index in [1.807, 2.05) is 36.5 Å². The molecule has 0 radical (unpaired) electrons. The molecule has 0 aliphatic rings. The normalized spacial score (nSPS) is 12.6. The first kappa shape index (κ1) is 31.7. The Hall–Kier alpha value is -3.35. The minimum absolute atomic E-state index is 0.185. The summed E-state index contributed by atoms with van der Waals surface area (Å²) in [6.07, 6.45) is 26.0. The van der Waals surface area contributed by atoms with Crippen LogP contribution in [-0.4, -0.2) is 25.1 Å². The number of nitro groups is 1. The highest BCUT2D eigenvalue weighted by Crippen LogP contribution is 2.38. The molecule has 1 rings (SSSR count). The summed E-state index contributed by atoms with van der Waals surface area (Å²) < 4.78 is 15.8. The van der Waals surface area contributed by atoms with Crippen LogP contribution in [0.3, 0.4) is 0 Å². The fourth-order valence-corrected chi connectivity index (χ4v) is 3.70. The molecule has 0 N–H and O–H groups in total. The van der Waals surface area contributed by atoms with E-state index in [4.69, 9.17) is 14.2 Å². The Kier molecular flexibility index (Phi) is 16.9. The number of carbonyl (C=O) groups excluding carboxylic acids is 1. The van der Waals surface area contributed by atoms with Crippen LogP contribution in [0.5, 0.6) is 11.5 Å². The lowest BCUT2D eigenvalue weighted by molar-refractivity contribution is -0.386. The Morgan fingerprint density at radius 3 is 2.00 bits per heavy atom. The number of hydrogen-bond donors (Lipinski definition) is 0. The fraction of sp³-hybridized carbons (Fsp3) is 0.500. The van der Waals surface area contributed by atoms with Gasteiger partial charge in [0, 0.05) is 6.42 Å². The number of benzene rings is 1. The molecule has 0 amide bonds. The number of hydrogen-bond acceptors (Lipinski definition) is 6. The van der Waals surface area contributed by atoms with Gasteiger partial charge in [-0.25, -0.2) is 0 Å². The van der Waals surface area contributed by atoms with Gasteiger partial charge in [-0.2, -0.15) is 0 Å². The van der Waals surface area contributed by atoms with Gasteiger partial charge >= 0.3 is 5.97 Å². The van der Waals surface area contributed by atoms with Crippen molar-refractivity contribution in [3.05, 3.63) is 76.4 Å². The molecule has 0 aliphatic carbocycles. The number of nitrogens with zero attached hydrogens (tertiary/aromatic N) is 1. The first-order chi connectivity index (χ1) is 17.9. The van der Waals surface area contributed by atoms with Crippen molar-refractivity contribution in [2.75, 3.05) is 14.2 Å². The van der Waals surface area contributed by atoms with Crippen molar-refractivity contribution in [3.63, 3.8) is 0 Å². The molecule has 0 unspecified atom stereocenters. The van der Waals surface area contributed by atoms with Crippen LogP contribution >= 0.6 is 0 Å². The van der Waals surface area contributed by atoms with Gasteiger partial charge in [0.1, 0.15) is 6.10 Å². The third kappa shape index (κ3) is 13.5. The maximum absolute atomic E-state index is 12.2. The number of unbranched alkanes of at least 4 members (excludes halogenated alkanes) is 7. The molecule has 0 bridgehead atoms. The zero-order chi connectivity index (χ0) is 27.3. The number of allylic oxidation sites excluding steroid dienone is 8. The van der Waals surface area contributed by atoms with E-state index < -0.39 is 17.0 Å². The Morgan fingerprint density at radius 2 is 1.41 bits per heavy atom. The monoisotopic (exact) mass is 513 g/mol. The molecule has 0 saturated heterocycles. The molecule has 1 atom stereocenters. The Morgan fingerprint density at radius 1 is 0.865 bits per heavy atom. The van der Waals surface area contributed by atoms with Gasteiger partial charge in [0.05, 0.1) is 30.8 Å². The molecule has 1 aromatic carbocycles. The maximum atomic E-state index is 12.2. The molecule has 0 spiro atoms. The van der Waals surface area contributed by atoms with Crippen molar-refractivity contribution in [2.24, 2.45) is 0 Å². The Bertz CT molecular complexity index is 932. The van der Waals surface area contributed by atoms with Gasteiger partial charge in [-0.3, -0.25) is 14.9 Å². The highest BCUT2D eigenvalue weighted by molar-refractivity contribution is 5.70. The summed E-state index contributed by atoms with van der Waals surface area (Å²) in [7, 11) is 2.85. The van der Waals surface area contributed by atoms with E-state index in [1.54, 1.807) is 6.92 Å². The summed E-state index contributed by atoms with van der Waals surface area (Å²) in [4.78, 5) is 23.2. The van der Waals surface area contributed by atoms with Crippen LogP contribution in [0.25, 0.3) is 0 Å². The van der Waals surface area contributed by atoms with Crippen LogP contribution in [-0.2, 0) is 9.53 Å². The van der Waals surface area contributed by atoms with E-state index in [9.17, 15) is 14.9 Å². The average molecular weight is 514 g/mol. The largest absolute Gasteiger partial charge is 0.493 e. The Labute approximate surface area is 222 Å².